The van der Waals surface area contributed by atoms with Crippen molar-refractivity contribution in [3.63, 3.8) is 0 Å². The van der Waals surface area contributed by atoms with Gasteiger partial charge in [-0.3, -0.25) is 0 Å². The highest BCUT2D eigenvalue weighted by atomic mass is 32.1. The molecule has 1 atom stereocenters. The molecule has 1 N–H and O–H groups in total. The lowest BCUT2D eigenvalue weighted by atomic mass is 9.98. The summed E-state index contributed by atoms with van der Waals surface area (Å²) in [5.41, 5.74) is 1.33. The largest absolute Gasteiger partial charge is 0.347 e. The quantitative estimate of drug-likeness (QED) is 0.839. The SMILES string of the molecule is CNC1CCCc2nc(N(CCN(C)C)CC(C)C)sc21. The zero-order valence-corrected chi connectivity index (χ0v) is 15.0. The predicted molar refractivity (Wildman–Crippen MR) is 92.5 cm³/mol. The molecule has 4 nitrogen and oxygen atoms in total. The van der Waals surface area contributed by atoms with Crippen LogP contribution in [-0.2, 0) is 6.42 Å². The molecule has 1 aromatic rings. The van der Waals surface area contributed by atoms with Crippen LogP contribution in [0, 0.1) is 5.92 Å². The topological polar surface area (TPSA) is 31.4 Å². The number of aryl methyl sites for hydroxylation is 1. The van der Waals surface area contributed by atoms with Gasteiger partial charge in [-0.15, -0.1) is 0 Å². The first-order valence-corrected chi connectivity index (χ1v) is 8.89. The number of hydrogen-bond acceptors (Lipinski definition) is 5. The van der Waals surface area contributed by atoms with Gasteiger partial charge in [-0.25, -0.2) is 4.98 Å². The number of anilines is 1. The molecule has 0 amide bonds. The van der Waals surface area contributed by atoms with Gasteiger partial charge < -0.3 is 15.1 Å². The Morgan fingerprint density at radius 3 is 2.71 bits per heavy atom. The Morgan fingerprint density at radius 1 is 1.33 bits per heavy atom. The highest BCUT2D eigenvalue weighted by molar-refractivity contribution is 7.15. The molecule has 0 spiro atoms. The Labute approximate surface area is 133 Å². The lowest BCUT2D eigenvalue weighted by Gasteiger charge is -2.25. The van der Waals surface area contributed by atoms with Crippen LogP contribution in [0.4, 0.5) is 5.13 Å². The molecule has 0 aromatic carbocycles. The highest BCUT2D eigenvalue weighted by Gasteiger charge is 2.25. The number of thiazole rings is 1. The van der Waals surface area contributed by atoms with Crippen LogP contribution in [0.3, 0.4) is 0 Å². The van der Waals surface area contributed by atoms with E-state index in [1.165, 1.54) is 28.5 Å². The maximum Gasteiger partial charge on any atom is 0.185 e. The molecular weight excluding hydrogens is 280 g/mol. The number of fused-ring (bicyclic) bond motifs is 1. The molecule has 0 saturated carbocycles. The zero-order valence-electron chi connectivity index (χ0n) is 14.1. The Bertz CT molecular complexity index is 441. The Kier molecular flexibility index (Phi) is 6.02. The minimum Gasteiger partial charge on any atom is -0.347 e. The maximum atomic E-state index is 4.97. The molecule has 0 fully saturated rings. The van der Waals surface area contributed by atoms with E-state index >= 15 is 0 Å². The Morgan fingerprint density at radius 2 is 2.10 bits per heavy atom. The van der Waals surface area contributed by atoms with Gasteiger partial charge in [0.05, 0.1) is 5.69 Å². The summed E-state index contributed by atoms with van der Waals surface area (Å²) in [5, 5.41) is 4.67. The molecule has 0 radical (unpaired) electrons. The molecular formula is C16H30N4S. The van der Waals surface area contributed by atoms with Gasteiger partial charge in [-0.05, 0) is 46.3 Å². The van der Waals surface area contributed by atoms with Crippen LogP contribution in [0.15, 0.2) is 0 Å². The van der Waals surface area contributed by atoms with Crippen LogP contribution in [0.2, 0.25) is 0 Å². The summed E-state index contributed by atoms with van der Waals surface area (Å²) in [6.07, 6.45) is 3.64. The van der Waals surface area contributed by atoms with E-state index in [1.54, 1.807) is 0 Å². The molecule has 1 aliphatic rings. The number of rotatable bonds is 7. The van der Waals surface area contributed by atoms with Crippen LogP contribution in [0.5, 0.6) is 0 Å². The molecule has 21 heavy (non-hydrogen) atoms. The van der Waals surface area contributed by atoms with E-state index in [1.807, 2.05) is 11.3 Å². The Hall–Kier alpha value is -0.650. The summed E-state index contributed by atoms with van der Waals surface area (Å²) in [6, 6.07) is 0.509. The van der Waals surface area contributed by atoms with Crippen molar-refractivity contribution in [2.24, 2.45) is 5.92 Å². The van der Waals surface area contributed by atoms with Crippen LogP contribution in [-0.4, -0.2) is 50.7 Å². The standard InChI is InChI=1S/C16H30N4S/c1-12(2)11-20(10-9-19(4)5)16-18-14-8-6-7-13(17-3)15(14)21-16/h12-13,17H,6-11H2,1-5H3. The number of likely N-dealkylation sites (N-methyl/N-ethyl adjacent to an activating group) is 1. The average molecular weight is 311 g/mol. The van der Waals surface area contributed by atoms with Crippen LogP contribution >= 0.6 is 11.3 Å². The first kappa shape index (κ1) is 16.7. The highest BCUT2D eigenvalue weighted by Crippen LogP contribution is 2.37. The smallest absolute Gasteiger partial charge is 0.185 e. The third-order valence-electron chi connectivity index (χ3n) is 3.96. The van der Waals surface area contributed by atoms with Gasteiger partial charge in [0, 0.05) is 30.6 Å². The summed E-state index contributed by atoms with van der Waals surface area (Å²) >= 11 is 1.90. The fraction of sp³-hybridized carbons (Fsp3) is 0.812. The third kappa shape index (κ3) is 4.41. The van der Waals surface area contributed by atoms with Gasteiger partial charge >= 0.3 is 0 Å². The molecule has 2 rings (SSSR count). The number of nitrogens with zero attached hydrogens (tertiary/aromatic N) is 3. The first-order chi connectivity index (χ1) is 10.0. The second-order valence-corrected chi connectivity index (χ2v) is 7.69. The monoisotopic (exact) mass is 310 g/mol. The molecule has 0 bridgehead atoms. The second kappa shape index (κ2) is 7.56. The van der Waals surface area contributed by atoms with Crippen molar-refractivity contribution in [1.29, 1.82) is 0 Å². The van der Waals surface area contributed by atoms with Crippen LogP contribution in [0.1, 0.15) is 43.3 Å². The summed E-state index contributed by atoms with van der Waals surface area (Å²) in [7, 11) is 6.34. The van der Waals surface area contributed by atoms with E-state index in [9.17, 15) is 0 Å². The van der Waals surface area contributed by atoms with E-state index in [0.717, 1.165) is 26.1 Å². The minimum absolute atomic E-state index is 0.509. The minimum atomic E-state index is 0.509. The lowest BCUT2D eigenvalue weighted by molar-refractivity contribution is 0.409. The van der Waals surface area contributed by atoms with Crippen LogP contribution < -0.4 is 10.2 Å². The molecule has 1 heterocycles. The van der Waals surface area contributed by atoms with Gasteiger partial charge in [0.1, 0.15) is 0 Å². The van der Waals surface area contributed by atoms with Crippen molar-refractivity contribution >= 4 is 16.5 Å². The van der Waals surface area contributed by atoms with Crippen molar-refractivity contribution in [2.45, 2.75) is 39.2 Å². The molecule has 1 unspecified atom stereocenters. The number of aromatic nitrogens is 1. The summed E-state index contributed by atoms with van der Waals surface area (Å²) in [4.78, 5) is 11.2. The summed E-state index contributed by atoms with van der Waals surface area (Å²) in [5.74, 6) is 0.660. The van der Waals surface area contributed by atoms with Gasteiger partial charge in [0.2, 0.25) is 0 Å². The van der Waals surface area contributed by atoms with Crippen molar-refractivity contribution in [1.82, 2.24) is 15.2 Å². The van der Waals surface area contributed by atoms with E-state index < -0.39 is 0 Å². The number of hydrogen-bond donors (Lipinski definition) is 1. The first-order valence-electron chi connectivity index (χ1n) is 8.07. The van der Waals surface area contributed by atoms with E-state index in [4.69, 9.17) is 4.98 Å². The van der Waals surface area contributed by atoms with Gasteiger partial charge in [0.25, 0.3) is 0 Å². The maximum absolute atomic E-state index is 4.97. The Balaban J connectivity index is 2.17. The van der Waals surface area contributed by atoms with Crippen molar-refractivity contribution in [3.8, 4) is 0 Å². The second-order valence-electron chi connectivity index (χ2n) is 6.68. The molecule has 1 aromatic heterocycles. The fourth-order valence-corrected chi connectivity index (χ4v) is 4.13. The zero-order chi connectivity index (χ0) is 15.4. The molecule has 0 aliphatic heterocycles. The number of nitrogens with one attached hydrogen (secondary N) is 1. The molecule has 5 heteroatoms. The van der Waals surface area contributed by atoms with Gasteiger partial charge in [0.15, 0.2) is 5.13 Å². The van der Waals surface area contributed by atoms with Gasteiger partial charge in [-0.1, -0.05) is 25.2 Å². The summed E-state index contributed by atoms with van der Waals surface area (Å²) in [6.45, 7) is 7.79. The van der Waals surface area contributed by atoms with Crippen molar-refractivity contribution < 1.29 is 0 Å². The van der Waals surface area contributed by atoms with Crippen molar-refractivity contribution in [2.75, 3.05) is 45.7 Å². The van der Waals surface area contributed by atoms with Crippen LogP contribution in [0.25, 0.3) is 0 Å². The molecule has 120 valence electrons. The third-order valence-corrected chi connectivity index (χ3v) is 5.23. The normalized spacial score (nSPS) is 18.3. The lowest BCUT2D eigenvalue weighted by Crippen LogP contribution is -2.34. The van der Waals surface area contributed by atoms with Crippen molar-refractivity contribution in [3.05, 3.63) is 10.6 Å². The average Bonchev–Trinajstić information content (AvgIpc) is 2.86. The molecule has 0 saturated heterocycles. The fourth-order valence-electron chi connectivity index (χ4n) is 2.84. The predicted octanol–water partition coefficient (Wildman–Crippen LogP) is 2.76. The van der Waals surface area contributed by atoms with E-state index in [0.29, 0.717) is 12.0 Å². The van der Waals surface area contributed by atoms with E-state index in [-0.39, 0.29) is 0 Å². The van der Waals surface area contributed by atoms with E-state index in [2.05, 4.69) is 50.1 Å². The summed E-state index contributed by atoms with van der Waals surface area (Å²) < 4.78 is 0. The molecule has 1 aliphatic carbocycles. The van der Waals surface area contributed by atoms with Gasteiger partial charge in [-0.2, -0.15) is 0 Å².